The van der Waals surface area contributed by atoms with Crippen molar-refractivity contribution in [1.82, 2.24) is 0 Å². The van der Waals surface area contributed by atoms with Gasteiger partial charge in [-0.25, -0.2) is 4.79 Å². The minimum absolute atomic E-state index is 0.123. The van der Waals surface area contributed by atoms with Crippen LogP contribution in [0.25, 0.3) is 11.0 Å². The van der Waals surface area contributed by atoms with Crippen LogP contribution in [0, 0.1) is 0 Å². The third-order valence-electron chi connectivity index (χ3n) is 4.11. The molecule has 0 radical (unpaired) electrons. The molecule has 1 aromatic heterocycles. The SMILES string of the molecule is COc1ccc2c(CN(CCCO)c3ccccc3)cc(=O)oc2c1. The van der Waals surface area contributed by atoms with Crippen molar-refractivity contribution < 1.29 is 14.3 Å². The van der Waals surface area contributed by atoms with Crippen LogP contribution < -0.4 is 15.3 Å². The largest absolute Gasteiger partial charge is 0.497 e. The number of aliphatic hydroxyl groups excluding tert-OH is 1. The van der Waals surface area contributed by atoms with Gasteiger partial charge in [-0.3, -0.25) is 0 Å². The molecule has 5 nitrogen and oxygen atoms in total. The van der Waals surface area contributed by atoms with Gasteiger partial charge in [0, 0.05) is 42.9 Å². The number of rotatable bonds is 7. The van der Waals surface area contributed by atoms with Crippen LogP contribution >= 0.6 is 0 Å². The van der Waals surface area contributed by atoms with Crippen molar-refractivity contribution in [3.63, 3.8) is 0 Å². The van der Waals surface area contributed by atoms with Crippen molar-refractivity contribution in [3.8, 4) is 5.75 Å². The zero-order valence-corrected chi connectivity index (χ0v) is 14.1. The summed E-state index contributed by atoms with van der Waals surface area (Å²) in [7, 11) is 1.58. The Morgan fingerprint density at radius 1 is 1.12 bits per heavy atom. The molecule has 0 aliphatic heterocycles. The van der Waals surface area contributed by atoms with E-state index in [4.69, 9.17) is 9.15 Å². The second-order valence-corrected chi connectivity index (χ2v) is 5.79. The van der Waals surface area contributed by atoms with Crippen LogP contribution in [0.2, 0.25) is 0 Å². The van der Waals surface area contributed by atoms with Crippen molar-refractivity contribution in [2.75, 3.05) is 25.2 Å². The Labute approximate surface area is 146 Å². The molecule has 0 bridgehead atoms. The first-order valence-corrected chi connectivity index (χ1v) is 8.23. The van der Waals surface area contributed by atoms with Crippen LogP contribution in [0.3, 0.4) is 0 Å². The molecule has 0 aliphatic carbocycles. The molecule has 0 saturated carbocycles. The summed E-state index contributed by atoms with van der Waals surface area (Å²) in [5.74, 6) is 0.646. The molecule has 130 valence electrons. The zero-order chi connectivity index (χ0) is 17.6. The normalized spacial score (nSPS) is 10.8. The van der Waals surface area contributed by atoms with Crippen LogP contribution in [0.5, 0.6) is 5.75 Å². The van der Waals surface area contributed by atoms with Gasteiger partial charge in [0.05, 0.1) is 7.11 Å². The summed E-state index contributed by atoms with van der Waals surface area (Å²) in [5, 5.41) is 10.1. The van der Waals surface area contributed by atoms with E-state index in [1.54, 1.807) is 13.2 Å². The number of hydrogen-bond acceptors (Lipinski definition) is 5. The highest BCUT2D eigenvalue weighted by Gasteiger charge is 2.12. The van der Waals surface area contributed by atoms with E-state index in [1.165, 1.54) is 6.07 Å². The predicted molar refractivity (Wildman–Crippen MR) is 98.2 cm³/mol. The number of nitrogens with zero attached hydrogens (tertiary/aromatic N) is 1. The van der Waals surface area contributed by atoms with Gasteiger partial charge >= 0.3 is 5.63 Å². The summed E-state index contributed by atoms with van der Waals surface area (Å²) in [6, 6.07) is 17.0. The second kappa shape index (κ2) is 7.85. The van der Waals surface area contributed by atoms with Crippen molar-refractivity contribution in [1.29, 1.82) is 0 Å². The first kappa shape index (κ1) is 17.0. The minimum atomic E-state index is -0.383. The lowest BCUT2D eigenvalue weighted by molar-refractivity contribution is 0.289. The molecule has 0 fully saturated rings. The molecule has 1 N–H and O–H groups in total. The molecule has 0 unspecified atom stereocenters. The monoisotopic (exact) mass is 339 g/mol. The lowest BCUT2D eigenvalue weighted by atomic mass is 10.1. The highest BCUT2D eigenvalue weighted by Crippen LogP contribution is 2.25. The molecule has 25 heavy (non-hydrogen) atoms. The summed E-state index contributed by atoms with van der Waals surface area (Å²) in [6.07, 6.45) is 0.655. The summed E-state index contributed by atoms with van der Waals surface area (Å²) in [5.41, 5.74) is 2.06. The molecule has 0 aliphatic rings. The van der Waals surface area contributed by atoms with Gasteiger partial charge in [0.2, 0.25) is 0 Å². The number of fused-ring (bicyclic) bond motifs is 1. The number of ether oxygens (including phenoxy) is 1. The average Bonchev–Trinajstić information content (AvgIpc) is 2.65. The topological polar surface area (TPSA) is 62.9 Å². The Morgan fingerprint density at radius 2 is 1.92 bits per heavy atom. The Balaban J connectivity index is 2.00. The summed E-state index contributed by atoms with van der Waals surface area (Å²) >= 11 is 0. The first-order chi connectivity index (χ1) is 12.2. The quantitative estimate of drug-likeness (QED) is 0.670. The van der Waals surface area contributed by atoms with Gasteiger partial charge in [0.15, 0.2) is 0 Å². The molecular weight excluding hydrogens is 318 g/mol. The molecule has 2 aromatic carbocycles. The van der Waals surface area contributed by atoms with Crippen molar-refractivity contribution in [2.45, 2.75) is 13.0 Å². The van der Waals surface area contributed by atoms with E-state index < -0.39 is 0 Å². The van der Waals surface area contributed by atoms with E-state index in [-0.39, 0.29) is 12.2 Å². The van der Waals surface area contributed by atoms with Gasteiger partial charge in [-0.05, 0) is 36.2 Å². The van der Waals surface area contributed by atoms with Gasteiger partial charge in [0.1, 0.15) is 11.3 Å². The van der Waals surface area contributed by atoms with Crippen LogP contribution in [-0.2, 0) is 6.54 Å². The maximum Gasteiger partial charge on any atom is 0.336 e. The van der Waals surface area contributed by atoms with Crippen LogP contribution in [0.1, 0.15) is 12.0 Å². The van der Waals surface area contributed by atoms with Crippen molar-refractivity contribution >= 4 is 16.7 Å². The summed E-state index contributed by atoms with van der Waals surface area (Å²) in [4.78, 5) is 14.1. The molecular formula is C20H21NO4. The summed E-state index contributed by atoms with van der Waals surface area (Å²) in [6.45, 7) is 1.37. The fraction of sp³-hybridized carbons (Fsp3) is 0.250. The highest BCUT2D eigenvalue weighted by atomic mass is 16.5. The first-order valence-electron chi connectivity index (χ1n) is 8.23. The third kappa shape index (κ3) is 4.00. The molecule has 1 heterocycles. The molecule has 0 atom stereocenters. The molecule has 0 spiro atoms. The summed E-state index contributed by atoms with van der Waals surface area (Å²) < 4.78 is 10.5. The predicted octanol–water partition coefficient (Wildman–Crippen LogP) is 3.19. The van der Waals surface area contributed by atoms with Gasteiger partial charge in [-0.2, -0.15) is 0 Å². The second-order valence-electron chi connectivity index (χ2n) is 5.79. The standard InChI is InChI=1S/C20H21NO4/c1-24-17-8-9-18-15(12-20(23)25-19(18)13-17)14-21(10-5-11-22)16-6-3-2-4-7-16/h2-4,6-9,12-13,22H,5,10-11,14H2,1H3. The number of anilines is 1. The Kier molecular flexibility index (Phi) is 5.36. The fourth-order valence-electron chi connectivity index (χ4n) is 2.87. The zero-order valence-electron chi connectivity index (χ0n) is 14.1. The molecule has 0 amide bonds. The lowest BCUT2D eigenvalue weighted by Crippen LogP contribution is -2.25. The van der Waals surface area contributed by atoms with E-state index in [2.05, 4.69) is 4.90 Å². The molecule has 0 saturated heterocycles. The van der Waals surface area contributed by atoms with Gasteiger partial charge in [0.25, 0.3) is 0 Å². The highest BCUT2D eigenvalue weighted by molar-refractivity contribution is 5.81. The molecule has 3 aromatic rings. The number of methoxy groups -OCH3 is 1. The van der Waals surface area contributed by atoms with Crippen LogP contribution in [0.4, 0.5) is 5.69 Å². The van der Waals surface area contributed by atoms with E-state index in [0.717, 1.165) is 16.6 Å². The van der Waals surface area contributed by atoms with Crippen molar-refractivity contribution in [3.05, 3.63) is 70.6 Å². The lowest BCUT2D eigenvalue weighted by Gasteiger charge is -2.25. The van der Waals surface area contributed by atoms with Gasteiger partial charge in [-0.15, -0.1) is 0 Å². The number of benzene rings is 2. The van der Waals surface area contributed by atoms with Crippen molar-refractivity contribution in [2.24, 2.45) is 0 Å². The molecule has 3 rings (SSSR count). The third-order valence-corrected chi connectivity index (χ3v) is 4.11. The van der Waals surface area contributed by atoms with E-state index >= 15 is 0 Å². The number of para-hydroxylation sites is 1. The average molecular weight is 339 g/mol. The Bertz CT molecular complexity index is 889. The Morgan fingerprint density at radius 3 is 2.64 bits per heavy atom. The van der Waals surface area contributed by atoms with Crippen LogP contribution in [0.15, 0.2) is 63.8 Å². The minimum Gasteiger partial charge on any atom is -0.497 e. The van der Waals surface area contributed by atoms with E-state index in [9.17, 15) is 9.90 Å². The smallest absolute Gasteiger partial charge is 0.336 e. The van der Waals surface area contributed by atoms with E-state index in [1.807, 2.05) is 42.5 Å². The maximum absolute atomic E-state index is 12.0. The maximum atomic E-state index is 12.0. The van der Waals surface area contributed by atoms with Crippen LogP contribution in [-0.4, -0.2) is 25.4 Å². The Hall–Kier alpha value is -2.79. The number of hydrogen-bond donors (Lipinski definition) is 1. The van der Waals surface area contributed by atoms with Gasteiger partial charge < -0.3 is 19.2 Å². The van der Waals surface area contributed by atoms with E-state index in [0.29, 0.717) is 30.8 Å². The van der Waals surface area contributed by atoms with Gasteiger partial charge in [-0.1, -0.05) is 18.2 Å². The fourth-order valence-corrected chi connectivity index (χ4v) is 2.87. The number of aliphatic hydroxyl groups is 1. The molecule has 5 heteroatoms.